The lowest BCUT2D eigenvalue weighted by Gasteiger charge is -2.19. The van der Waals surface area contributed by atoms with Crippen LogP contribution in [0.2, 0.25) is 0 Å². The zero-order valence-electron chi connectivity index (χ0n) is 13.1. The predicted molar refractivity (Wildman–Crippen MR) is 77.9 cm³/mol. The van der Waals surface area contributed by atoms with Crippen LogP contribution >= 0.6 is 0 Å². The number of carbonyl (C=O) groups is 1. The summed E-state index contributed by atoms with van der Waals surface area (Å²) in [6.07, 6.45) is 0.569. The van der Waals surface area contributed by atoms with Crippen molar-refractivity contribution >= 4 is 5.91 Å². The van der Waals surface area contributed by atoms with E-state index in [1.165, 1.54) is 5.69 Å². The van der Waals surface area contributed by atoms with Crippen LogP contribution in [0.4, 0.5) is 0 Å². The first-order chi connectivity index (χ1) is 8.67. The second kappa shape index (κ2) is 6.22. The fraction of sp³-hybridized carbons (Fsp3) is 0.733. The van der Waals surface area contributed by atoms with E-state index in [0.717, 1.165) is 12.2 Å². The van der Waals surface area contributed by atoms with Crippen molar-refractivity contribution < 1.29 is 4.79 Å². The predicted octanol–water partition coefficient (Wildman–Crippen LogP) is 2.69. The van der Waals surface area contributed by atoms with Gasteiger partial charge in [-0.2, -0.15) is 5.10 Å². The molecule has 0 fully saturated rings. The number of carbonyl (C=O) groups excluding carboxylic acids is 1. The van der Waals surface area contributed by atoms with E-state index in [2.05, 4.69) is 51.1 Å². The van der Waals surface area contributed by atoms with Crippen LogP contribution < -0.4 is 5.32 Å². The molecule has 1 aromatic rings. The van der Waals surface area contributed by atoms with Crippen LogP contribution in [-0.4, -0.2) is 22.2 Å². The van der Waals surface area contributed by atoms with Crippen LogP contribution in [-0.2, 0) is 11.3 Å². The van der Waals surface area contributed by atoms with Gasteiger partial charge in [-0.25, -0.2) is 0 Å². The van der Waals surface area contributed by atoms with Crippen LogP contribution in [0.3, 0.4) is 0 Å². The normalized spacial score (nSPS) is 13.4. The summed E-state index contributed by atoms with van der Waals surface area (Å²) in [5, 5.41) is 7.45. The summed E-state index contributed by atoms with van der Waals surface area (Å²) < 4.78 is 2.01. The van der Waals surface area contributed by atoms with Crippen molar-refractivity contribution in [2.75, 3.05) is 6.54 Å². The van der Waals surface area contributed by atoms with Gasteiger partial charge in [0.25, 0.3) is 0 Å². The van der Waals surface area contributed by atoms with E-state index in [1.54, 1.807) is 0 Å². The Bertz CT molecular complexity index is 429. The number of hydrogen-bond donors (Lipinski definition) is 1. The molecule has 0 radical (unpaired) electrons. The number of rotatable bonds is 5. The summed E-state index contributed by atoms with van der Waals surface area (Å²) in [5.74, 6) is 0.509. The highest BCUT2D eigenvalue weighted by Crippen LogP contribution is 2.17. The van der Waals surface area contributed by atoms with Crippen molar-refractivity contribution in [2.24, 2.45) is 11.3 Å². The lowest BCUT2D eigenvalue weighted by Crippen LogP contribution is -2.32. The number of aromatic nitrogens is 2. The molecule has 1 N–H and O–H groups in total. The Morgan fingerprint density at radius 1 is 1.42 bits per heavy atom. The molecule has 0 bridgehead atoms. The summed E-state index contributed by atoms with van der Waals surface area (Å²) in [5.41, 5.74) is 2.26. The molecule has 0 spiro atoms. The van der Waals surface area contributed by atoms with Crippen molar-refractivity contribution in [3.05, 3.63) is 17.5 Å². The largest absolute Gasteiger partial charge is 0.356 e. The molecular formula is C15H27N3O. The molecule has 0 aromatic carbocycles. The van der Waals surface area contributed by atoms with Gasteiger partial charge in [-0.15, -0.1) is 0 Å². The van der Waals surface area contributed by atoms with Crippen molar-refractivity contribution in [3.8, 4) is 0 Å². The molecule has 0 aliphatic rings. The standard InChI is InChI=1S/C15H27N3O/c1-11(9-16-14(19)8-15(4,5)6)10-18-13(3)7-12(2)17-18/h7,11H,8-10H2,1-6H3,(H,16,19)/t11-/m0/s1. The molecule has 1 aromatic heterocycles. The average molecular weight is 265 g/mol. The number of amides is 1. The first-order valence-electron chi connectivity index (χ1n) is 6.95. The Labute approximate surface area is 116 Å². The summed E-state index contributed by atoms with van der Waals surface area (Å²) in [7, 11) is 0. The maximum absolute atomic E-state index is 11.8. The fourth-order valence-corrected chi connectivity index (χ4v) is 2.05. The lowest BCUT2D eigenvalue weighted by molar-refractivity contribution is -0.123. The SMILES string of the molecule is Cc1cc(C)n(C[C@@H](C)CNC(=O)CC(C)(C)C)n1. The topological polar surface area (TPSA) is 46.9 Å². The van der Waals surface area contributed by atoms with E-state index in [9.17, 15) is 4.79 Å². The van der Waals surface area contributed by atoms with Gasteiger partial charge < -0.3 is 5.32 Å². The van der Waals surface area contributed by atoms with Crippen LogP contribution in [0.15, 0.2) is 6.07 Å². The van der Waals surface area contributed by atoms with Crippen molar-refractivity contribution in [1.29, 1.82) is 0 Å². The summed E-state index contributed by atoms with van der Waals surface area (Å²) >= 11 is 0. The number of hydrogen-bond acceptors (Lipinski definition) is 2. The van der Waals surface area contributed by atoms with Crippen LogP contribution in [0.25, 0.3) is 0 Å². The Morgan fingerprint density at radius 3 is 2.53 bits per heavy atom. The summed E-state index contributed by atoms with van der Waals surface area (Å²) in [4.78, 5) is 11.8. The van der Waals surface area contributed by atoms with E-state index in [1.807, 2.05) is 11.6 Å². The highest BCUT2D eigenvalue weighted by Gasteiger charge is 2.16. The molecule has 4 nitrogen and oxygen atoms in total. The van der Waals surface area contributed by atoms with Gasteiger partial charge in [-0.1, -0.05) is 27.7 Å². The van der Waals surface area contributed by atoms with Crippen molar-refractivity contribution in [1.82, 2.24) is 15.1 Å². The molecule has 0 unspecified atom stereocenters. The third-order valence-corrected chi connectivity index (χ3v) is 2.93. The van der Waals surface area contributed by atoms with Gasteiger partial charge in [0.15, 0.2) is 0 Å². The zero-order chi connectivity index (χ0) is 14.6. The monoisotopic (exact) mass is 265 g/mol. The third-order valence-electron chi connectivity index (χ3n) is 2.93. The van der Waals surface area contributed by atoms with Gasteiger partial charge in [-0.05, 0) is 31.2 Å². The molecule has 1 atom stereocenters. The Morgan fingerprint density at radius 2 is 2.05 bits per heavy atom. The van der Waals surface area contributed by atoms with Crippen LogP contribution in [0.5, 0.6) is 0 Å². The van der Waals surface area contributed by atoms with E-state index in [0.29, 0.717) is 18.9 Å². The molecule has 1 amide bonds. The molecule has 0 saturated heterocycles. The third kappa shape index (κ3) is 5.90. The number of nitrogens with one attached hydrogen (secondary N) is 1. The Kier molecular flexibility index (Phi) is 5.15. The van der Waals surface area contributed by atoms with E-state index < -0.39 is 0 Å². The minimum absolute atomic E-state index is 0.0446. The van der Waals surface area contributed by atoms with Gasteiger partial charge in [0.2, 0.25) is 5.91 Å². The molecule has 19 heavy (non-hydrogen) atoms. The second-order valence-corrected chi connectivity index (χ2v) is 6.76. The van der Waals surface area contributed by atoms with Crippen molar-refractivity contribution in [2.45, 2.75) is 54.5 Å². The maximum Gasteiger partial charge on any atom is 0.220 e. The minimum Gasteiger partial charge on any atom is -0.356 e. The number of aryl methyl sites for hydroxylation is 2. The van der Waals surface area contributed by atoms with Gasteiger partial charge in [-0.3, -0.25) is 9.48 Å². The molecule has 0 aliphatic carbocycles. The van der Waals surface area contributed by atoms with Gasteiger partial charge in [0.1, 0.15) is 0 Å². The molecular weight excluding hydrogens is 238 g/mol. The van der Waals surface area contributed by atoms with E-state index in [4.69, 9.17) is 0 Å². The highest BCUT2D eigenvalue weighted by atomic mass is 16.1. The summed E-state index contributed by atoms with van der Waals surface area (Å²) in [6, 6.07) is 2.07. The molecule has 1 rings (SSSR count). The quantitative estimate of drug-likeness (QED) is 0.889. The molecule has 0 aliphatic heterocycles. The first kappa shape index (κ1) is 15.7. The maximum atomic E-state index is 11.8. The Hall–Kier alpha value is -1.32. The molecule has 108 valence electrons. The van der Waals surface area contributed by atoms with Gasteiger partial charge in [0, 0.05) is 25.2 Å². The van der Waals surface area contributed by atoms with Crippen LogP contribution in [0, 0.1) is 25.2 Å². The lowest BCUT2D eigenvalue weighted by atomic mass is 9.92. The van der Waals surface area contributed by atoms with Crippen LogP contribution in [0.1, 0.15) is 45.5 Å². The molecule has 1 heterocycles. The van der Waals surface area contributed by atoms with Gasteiger partial charge in [0.05, 0.1) is 5.69 Å². The van der Waals surface area contributed by atoms with E-state index in [-0.39, 0.29) is 11.3 Å². The van der Waals surface area contributed by atoms with E-state index >= 15 is 0 Å². The van der Waals surface area contributed by atoms with Gasteiger partial charge >= 0.3 is 0 Å². The number of nitrogens with zero attached hydrogens (tertiary/aromatic N) is 2. The highest BCUT2D eigenvalue weighted by molar-refractivity contribution is 5.76. The molecule has 0 saturated carbocycles. The summed E-state index contributed by atoms with van der Waals surface area (Å²) in [6.45, 7) is 14.0. The zero-order valence-corrected chi connectivity index (χ0v) is 13.1. The second-order valence-electron chi connectivity index (χ2n) is 6.76. The minimum atomic E-state index is 0.0446. The van der Waals surface area contributed by atoms with Crippen molar-refractivity contribution in [3.63, 3.8) is 0 Å². The smallest absolute Gasteiger partial charge is 0.220 e. The fourth-order valence-electron chi connectivity index (χ4n) is 2.05. The average Bonchev–Trinajstić information content (AvgIpc) is 2.52. The first-order valence-corrected chi connectivity index (χ1v) is 6.95. The molecule has 4 heteroatoms. The Balaban J connectivity index is 2.38.